The first-order valence-corrected chi connectivity index (χ1v) is 8.87. The smallest absolute Gasteiger partial charge is 0.234 e. The molecule has 0 saturated heterocycles. The maximum Gasteiger partial charge on any atom is 0.234 e. The minimum Gasteiger partial charge on any atom is -0.508 e. The fourth-order valence-electron chi connectivity index (χ4n) is 1.99. The molecule has 0 unspecified atom stereocenters. The highest BCUT2D eigenvalue weighted by atomic mass is 79.9. The molecule has 0 bridgehead atoms. The van der Waals surface area contributed by atoms with Gasteiger partial charge in [0.2, 0.25) is 11.1 Å². The number of phenolic OH excluding ortho intramolecular Hbond substituents is 1. The predicted molar refractivity (Wildman–Crippen MR) is 94.2 cm³/mol. The number of carbonyl (C=O) groups is 1. The van der Waals surface area contributed by atoms with E-state index >= 15 is 0 Å². The van der Waals surface area contributed by atoms with Crippen LogP contribution in [0.2, 0.25) is 0 Å². The molecule has 1 heterocycles. The Morgan fingerprint density at radius 2 is 2.00 bits per heavy atom. The largest absolute Gasteiger partial charge is 0.508 e. The van der Waals surface area contributed by atoms with Crippen LogP contribution >= 0.6 is 27.7 Å². The van der Waals surface area contributed by atoms with Crippen molar-refractivity contribution in [3.05, 3.63) is 52.5 Å². The topological polar surface area (TPSA) is 92.9 Å². The summed E-state index contributed by atoms with van der Waals surface area (Å²) in [4.78, 5) is 12.1. The zero-order chi connectivity index (χ0) is 18.7. The number of hydrogen-bond donors (Lipinski definition) is 2. The molecule has 0 aliphatic heterocycles. The maximum atomic E-state index is 13.8. The number of amides is 1. The summed E-state index contributed by atoms with van der Waals surface area (Å²) in [5.74, 6) is -2.15. The first-order chi connectivity index (χ1) is 12.4. The summed E-state index contributed by atoms with van der Waals surface area (Å²) < 4.78 is 28.3. The number of hydrogen-bond acceptors (Lipinski definition) is 6. The van der Waals surface area contributed by atoms with Crippen molar-refractivity contribution in [1.29, 1.82) is 0 Å². The summed E-state index contributed by atoms with van der Waals surface area (Å²) >= 11 is 4.04. The van der Waals surface area contributed by atoms with Crippen LogP contribution in [-0.2, 0) is 4.79 Å². The van der Waals surface area contributed by atoms with E-state index in [9.17, 15) is 18.7 Å². The zero-order valence-corrected chi connectivity index (χ0v) is 15.3. The van der Waals surface area contributed by atoms with Crippen molar-refractivity contribution in [2.45, 2.75) is 5.16 Å². The molecule has 1 amide bonds. The first kappa shape index (κ1) is 18.3. The van der Waals surface area contributed by atoms with Crippen molar-refractivity contribution in [3.8, 4) is 11.4 Å². The van der Waals surface area contributed by atoms with Gasteiger partial charge in [-0.25, -0.2) is 8.78 Å². The second-order valence-electron chi connectivity index (χ2n) is 4.97. The Morgan fingerprint density at radius 1 is 1.27 bits per heavy atom. The molecule has 134 valence electrons. The van der Waals surface area contributed by atoms with Gasteiger partial charge in [0.1, 0.15) is 11.6 Å². The van der Waals surface area contributed by atoms with E-state index in [0.717, 1.165) is 17.8 Å². The SMILES string of the molecule is O=C(CSc1nnnn1-c1ccc(O)cc1)Nc1c(F)cc(F)cc1Br. The van der Waals surface area contributed by atoms with Crippen molar-refractivity contribution in [1.82, 2.24) is 20.2 Å². The molecule has 7 nitrogen and oxygen atoms in total. The average Bonchev–Trinajstić information content (AvgIpc) is 3.05. The lowest BCUT2D eigenvalue weighted by molar-refractivity contribution is -0.113. The molecule has 3 aromatic rings. The van der Waals surface area contributed by atoms with E-state index in [0.29, 0.717) is 16.9 Å². The zero-order valence-electron chi connectivity index (χ0n) is 12.9. The number of phenols is 1. The Morgan fingerprint density at radius 3 is 2.69 bits per heavy atom. The van der Waals surface area contributed by atoms with Gasteiger partial charge < -0.3 is 10.4 Å². The standard InChI is InChI=1S/C15H10BrF2N5O2S/c16-11-5-8(17)6-12(18)14(11)19-13(25)7-26-15-20-21-22-23(15)9-1-3-10(24)4-2-9/h1-6,24H,7H2,(H,19,25). The fourth-order valence-corrected chi connectivity index (χ4v) is 3.19. The van der Waals surface area contributed by atoms with E-state index in [-0.39, 0.29) is 21.7 Å². The molecule has 11 heteroatoms. The molecule has 0 atom stereocenters. The molecule has 0 aliphatic rings. The highest BCUT2D eigenvalue weighted by Gasteiger charge is 2.15. The summed E-state index contributed by atoms with van der Waals surface area (Å²) in [6.45, 7) is 0. The molecule has 26 heavy (non-hydrogen) atoms. The van der Waals surface area contributed by atoms with Crippen LogP contribution in [-0.4, -0.2) is 37.0 Å². The van der Waals surface area contributed by atoms with Crippen LogP contribution in [0.15, 0.2) is 46.0 Å². The number of anilines is 1. The van der Waals surface area contributed by atoms with E-state index < -0.39 is 17.5 Å². The lowest BCUT2D eigenvalue weighted by Gasteiger charge is -2.09. The normalized spacial score (nSPS) is 10.7. The molecular formula is C15H10BrF2N5O2S. The van der Waals surface area contributed by atoms with Crippen molar-refractivity contribution >= 4 is 39.3 Å². The second kappa shape index (κ2) is 7.79. The van der Waals surface area contributed by atoms with Crippen LogP contribution in [0.5, 0.6) is 5.75 Å². The van der Waals surface area contributed by atoms with E-state index in [1.165, 1.54) is 16.8 Å². The van der Waals surface area contributed by atoms with Gasteiger partial charge in [-0.1, -0.05) is 11.8 Å². The summed E-state index contributed by atoms with van der Waals surface area (Å²) in [5.41, 5.74) is 0.457. The molecule has 1 aromatic heterocycles. The van der Waals surface area contributed by atoms with Crippen molar-refractivity contribution in [3.63, 3.8) is 0 Å². The molecule has 0 spiro atoms. The number of rotatable bonds is 5. The third-order valence-electron chi connectivity index (χ3n) is 3.14. The van der Waals surface area contributed by atoms with Gasteiger partial charge in [-0.05, 0) is 56.7 Å². The number of nitrogens with zero attached hydrogens (tertiary/aromatic N) is 4. The summed E-state index contributed by atoms with van der Waals surface area (Å²) in [6, 6.07) is 7.91. The van der Waals surface area contributed by atoms with Crippen LogP contribution in [0.25, 0.3) is 5.69 Å². The van der Waals surface area contributed by atoms with Gasteiger partial charge in [0.25, 0.3) is 0 Å². The number of tetrazole rings is 1. The molecule has 0 aliphatic carbocycles. The quantitative estimate of drug-likeness (QED) is 0.590. The monoisotopic (exact) mass is 441 g/mol. The predicted octanol–water partition coefficient (Wildman–Crippen LogP) is 3.14. The molecule has 0 fully saturated rings. The van der Waals surface area contributed by atoms with Gasteiger partial charge in [0, 0.05) is 10.5 Å². The molecule has 2 N–H and O–H groups in total. The maximum absolute atomic E-state index is 13.8. The van der Waals surface area contributed by atoms with Crippen LogP contribution in [0.1, 0.15) is 0 Å². The fraction of sp³-hybridized carbons (Fsp3) is 0.0667. The third kappa shape index (κ3) is 4.17. The third-order valence-corrected chi connectivity index (χ3v) is 4.68. The van der Waals surface area contributed by atoms with Gasteiger partial charge in [-0.2, -0.15) is 4.68 Å². The van der Waals surface area contributed by atoms with Crippen molar-refractivity contribution in [2.75, 3.05) is 11.1 Å². The number of halogens is 3. The molecule has 2 aromatic carbocycles. The van der Waals surface area contributed by atoms with E-state index in [4.69, 9.17) is 0 Å². The van der Waals surface area contributed by atoms with Crippen LogP contribution in [0.4, 0.5) is 14.5 Å². The number of thioether (sulfide) groups is 1. The van der Waals surface area contributed by atoms with Crippen LogP contribution in [0.3, 0.4) is 0 Å². The number of carbonyl (C=O) groups excluding carboxylic acids is 1. The minimum atomic E-state index is -0.885. The van der Waals surface area contributed by atoms with E-state index in [1.807, 2.05) is 0 Å². The number of aromatic hydroxyl groups is 1. The number of aromatic nitrogens is 4. The lowest BCUT2D eigenvalue weighted by atomic mass is 10.3. The van der Waals surface area contributed by atoms with E-state index in [1.54, 1.807) is 12.1 Å². The molecular weight excluding hydrogens is 432 g/mol. The molecule has 0 saturated carbocycles. The van der Waals surface area contributed by atoms with Gasteiger partial charge in [0.15, 0.2) is 5.82 Å². The summed E-state index contributed by atoms with van der Waals surface area (Å²) in [7, 11) is 0. The summed E-state index contributed by atoms with van der Waals surface area (Å²) in [5, 5.41) is 23.3. The average molecular weight is 442 g/mol. The minimum absolute atomic E-state index is 0.0955. The van der Waals surface area contributed by atoms with Gasteiger partial charge in [0.05, 0.1) is 17.1 Å². The Bertz CT molecular complexity index is 928. The lowest BCUT2D eigenvalue weighted by Crippen LogP contribution is -2.16. The highest BCUT2D eigenvalue weighted by molar-refractivity contribution is 9.10. The Hall–Kier alpha value is -2.53. The van der Waals surface area contributed by atoms with Crippen LogP contribution in [0, 0.1) is 11.6 Å². The first-order valence-electron chi connectivity index (χ1n) is 7.09. The van der Waals surface area contributed by atoms with E-state index in [2.05, 4.69) is 36.8 Å². The Labute approximate surface area is 158 Å². The van der Waals surface area contributed by atoms with Crippen LogP contribution < -0.4 is 5.32 Å². The number of nitrogens with one attached hydrogen (secondary N) is 1. The second-order valence-corrected chi connectivity index (χ2v) is 6.77. The Balaban J connectivity index is 1.68. The highest BCUT2D eigenvalue weighted by Crippen LogP contribution is 2.27. The van der Waals surface area contributed by atoms with Gasteiger partial charge >= 0.3 is 0 Å². The summed E-state index contributed by atoms with van der Waals surface area (Å²) in [6.07, 6.45) is 0. The van der Waals surface area contributed by atoms with Crippen molar-refractivity contribution < 1.29 is 18.7 Å². The Kier molecular flexibility index (Phi) is 5.47. The van der Waals surface area contributed by atoms with Gasteiger partial charge in [-0.3, -0.25) is 4.79 Å². The number of benzene rings is 2. The van der Waals surface area contributed by atoms with Crippen molar-refractivity contribution in [2.24, 2.45) is 0 Å². The molecule has 0 radical (unpaired) electrons. The molecule has 3 rings (SSSR count). The van der Waals surface area contributed by atoms with Gasteiger partial charge in [-0.15, -0.1) is 5.10 Å².